The first-order valence-electron chi connectivity index (χ1n) is 8.08. The van der Waals surface area contributed by atoms with Gasteiger partial charge < -0.3 is 14.4 Å². The van der Waals surface area contributed by atoms with Crippen LogP contribution in [0.1, 0.15) is 16.7 Å². The van der Waals surface area contributed by atoms with Crippen molar-refractivity contribution < 1.29 is 14.3 Å². The van der Waals surface area contributed by atoms with Gasteiger partial charge in [0.2, 0.25) is 0 Å². The molecule has 2 rings (SSSR count). The lowest BCUT2D eigenvalue weighted by molar-refractivity contribution is -0.123. The molecule has 0 fully saturated rings. The van der Waals surface area contributed by atoms with Crippen molar-refractivity contribution >= 4 is 5.91 Å². The second kappa shape index (κ2) is 8.79. The summed E-state index contributed by atoms with van der Waals surface area (Å²) < 4.78 is 10.5. The Labute approximate surface area is 149 Å². The fourth-order valence-electron chi connectivity index (χ4n) is 2.29. The molecule has 0 N–H and O–H groups in total. The number of carbonyl (C=O) groups is 1. The molecule has 4 nitrogen and oxygen atoms in total. The molecule has 130 valence electrons. The minimum absolute atomic E-state index is 0.193. The molecule has 1 amide bonds. The Morgan fingerprint density at radius 3 is 2.36 bits per heavy atom. The third-order valence-electron chi connectivity index (χ3n) is 3.90. The van der Waals surface area contributed by atoms with Crippen molar-refractivity contribution in [3.8, 4) is 23.3 Å². The van der Waals surface area contributed by atoms with Crippen LogP contribution in [0.25, 0.3) is 0 Å². The van der Waals surface area contributed by atoms with Crippen LogP contribution in [0, 0.1) is 18.8 Å². The lowest BCUT2D eigenvalue weighted by atomic mass is 10.1. The van der Waals surface area contributed by atoms with Crippen LogP contribution >= 0.6 is 0 Å². The van der Waals surface area contributed by atoms with Crippen LogP contribution in [-0.4, -0.2) is 38.6 Å². The largest absolute Gasteiger partial charge is 0.493 e. The van der Waals surface area contributed by atoms with Crippen molar-refractivity contribution in [1.29, 1.82) is 0 Å². The number of methoxy groups -OCH3 is 2. The Bertz CT molecular complexity index is 785. The van der Waals surface area contributed by atoms with Crippen molar-refractivity contribution in [2.45, 2.75) is 13.3 Å². The predicted molar refractivity (Wildman–Crippen MR) is 98.9 cm³/mol. The topological polar surface area (TPSA) is 38.8 Å². The summed E-state index contributed by atoms with van der Waals surface area (Å²) in [7, 11) is 4.97. The smallest absolute Gasteiger partial charge is 0.298 e. The summed E-state index contributed by atoms with van der Waals surface area (Å²) >= 11 is 0. The van der Waals surface area contributed by atoms with Gasteiger partial charge >= 0.3 is 0 Å². The van der Waals surface area contributed by atoms with Crippen LogP contribution in [0.15, 0.2) is 42.5 Å². The number of amides is 1. The molecule has 0 aliphatic carbocycles. The predicted octanol–water partition coefficient (Wildman–Crippen LogP) is 3.06. The minimum atomic E-state index is -0.193. The average molecular weight is 337 g/mol. The fourth-order valence-corrected chi connectivity index (χ4v) is 2.29. The number of ether oxygens (including phenoxy) is 2. The molecule has 25 heavy (non-hydrogen) atoms. The van der Waals surface area contributed by atoms with E-state index in [0.717, 1.165) is 17.5 Å². The highest BCUT2D eigenvalue weighted by Crippen LogP contribution is 2.27. The van der Waals surface area contributed by atoms with Crippen LogP contribution < -0.4 is 9.47 Å². The Balaban J connectivity index is 1.94. The maximum absolute atomic E-state index is 12.1. The van der Waals surface area contributed by atoms with E-state index in [1.54, 1.807) is 26.2 Å². The molecule has 0 unspecified atom stereocenters. The Kier molecular flexibility index (Phi) is 6.47. The van der Waals surface area contributed by atoms with Crippen LogP contribution in [0.4, 0.5) is 0 Å². The molecule has 0 saturated carbocycles. The van der Waals surface area contributed by atoms with E-state index in [1.165, 1.54) is 5.56 Å². The molecule has 0 bridgehead atoms. The van der Waals surface area contributed by atoms with Gasteiger partial charge in [0.05, 0.1) is 14.2 Å². The SMILES string of the molecule is COc1ccc(CCN(C)C(=O)C#Cc2ccc(C)cc2)cc1OC. The number of carbonyl (C=O) groups excluding carboxylic acids is 1. The van der Waals surface area contributed by atoms with Crippen LogP contribution in [0.2, 0.25) is 0 Å². The van der Waals surface area contributed by atoms with Crippen LogP contribution in [-0.2, 0) is 11.2 Å². The molecule has 2 aromatic carbocycles. The highest BCUT2D eigenvalue weighted by molar-refractivity contribution is 5.93. The van der Waals surface area contributed by atoms with Gasteiger partial charge in [-0.2, -0.15) is 0 Å². The first kappa shape index (κ1) is 18.4. The second-order valence-electron chi connectivity index (χ2n) is 5.78. The first-order chi connectivity index (χ1) is 12.0. The zero-order chi connectivity index (χ0) is 18.2. The standard InChI is InChI=1S/C21H23NO3/c1-16-5-7-17(8-6-16)10-12-21(23)22(2)14-13-18-9-11-19(24-3)20(15-18)25-4/h5-9,11,15H,13-14H2,1-4H3. The number of benzene rings is 2. The Hall–Kier alpha value is -2.93. The first-order valence-corrected chi connectivity index (χ1v) is 8.08. The van der Waals surface area contributed by atoms with Crippen LogP contribution in [0.3, 0.4) is 0 Å². The molecule has 0 aliphatic heterocycles. The number of hydrogen-bond donors (Lipinski definition) is 0. The second-order valence-corrected chi connectivity index (χ2v) is 5.78. The van der Waals surface area contributed by atoms with Gasteiger partial charge in [-0.1, -0.05) is 29.7 Å². The Morgan fingerprint density at radius 2 is 1.72 bits per heavy atom. The van der Waals surface area contributed by atoms with Gasteiger partial charge in [-0.3, -0.25) is 4.79 Å². The molecule has 0 aromatic heterocycles. The number of aryl methyl sites for hydroxylation is 1. The zero-order valence-corrected chi connectivity index (χ0v) is 15.1. The summed E-state index contributed by atoms with van der Waals surface area (Å²) in [4.78, 5) is 13.8. The summed E-state index contributed by atoms with van der Waals surface area (Å²) in [6.45, 7) is 2.60. The summed E-state index contributed by atoms with van der Waals surface area (Å²) in [5, 5.41) is 0. The summed E-state index contributed by atoms with van der Waals surface area (Å²) in [5.74, 6) is 6.78. The summed E-state index contributed by atoms with van der Waals surface area (Å²) in [6, 6.07) is 13.6. The molecule has 0 atom stereocenters. The summed E-state index contributed by atoms with van der Waals surface area (Å²) in [6.07, 6.45) is 0.717. The average Bonchev–Trinajstić information content (AvgIpc) is 2.65. The van der Waals surface area contributed by atoms with E-state index in [9.17, 15) is 4.79 Å². The molecule has 0 saturated heterocycles. The van der Waals surface area contributed by atoms with Crippen molar-refractivity contribution in [2.24, 2.45) is 0 Å². The molecule has 4 heteroatoms. The third kappa shape index (κ3) is 5.29. The van der Waals surface area contributed by atoms with E-state index >= 15 is 0 Å². The number of rotatable bonds is 5. The zero-order valence-electron chi connectivity index (χ0n) is 15.1. The highest BCUT2D eigenvalue weighted by atomic mass is 16.5. The van der Waals surface area contributed by atoms with E-state index in [0.29, 0.717) is 18.0 Å². The van der Waals surface area contributed by atoms with E-state index < -0.39 is 0 Å². The lowest BCUT2D eigenvalue weighted by Crippen LogP contribution is -2.27. The number of nitrogens with zero attached hydrogens (tertiary/aromatic N) is 1. The van der Waals surface area contributed by atoms with Crippen molar-refractivity contribution in [1.82, 2.24) is 4.90 Å². The van der Waals surface area contributed by atoms with Crippen LogP contribution in [0.5, 0.6) is 11.5 Å². The summed E-state index contributed by atoms with van der Waals surface area (Å²) in [5.41, 5.74) is 3.08. The molecule has 0 spiro atoms. The third-order valence-corrected chi connectivity index (χ3v) is 3.90. The highest BCUT2D eigenvalue weighted by Gasteiger charge is 2.08. The van der Waals surface area contributed by atoms with E-state index in [1.807, 2.05) is 49.4 Å². The molecule has 0 heterocycles. The van der Waals surface area contributed by atoms with Crippen molar-refractivity contribution in [3.05, 3.63) is 59.2 Å². The quantitative estimate of drug-likeness (QED) is 0.787. The lowest BCUT2D eigenvalue weighted by Gasteiger charge is -2.14. The molecular weight excluding hydrogens is 314 g/mol. The monoisotopic (exact) mass is 337 g/mol. The van der Waals surface area contributed by atoms with E-state index in [2.05, 4.69) is 11.8 Å². The normalized spacial score (nSPS) is 9.76. The van der Waals surface area contributed by atoms with Gasteiger partial charge in [-0.15, -0.1) is 0 Å². The van der Waals surface area contributed by atoms with Gasteiger partial charge in [-0.25, -0.2) is 0 Å². The van der Waals surface area contributed by atoms with Gasteiger partial charge in [-0.05, 0) is 43.2 Å². The van der Waals surface area contributed by atoms with Crippen molar-refractivity contribution in [3.63, 3.8) is 0 Å². The molecule has 0 aliphatic rings. The van der Waals surface area contributed by atoms with Gasteiger partial charge in [0.25, 0.3) is 5.91 Å². The van der Waals surface area contributed by atoms with E-state index in [4.69, 9.17) is 9.47 Å². The van der Waals surface area contributed by atoms with Gasteiger partial charge in [0, 0.05) is 25.1 Å². The number of likely N-dealkylation sites (N-methyl/N-ethyl adjacent to an activating group) is 1. The van der Waals surface area contributed by atoms with Gasteiger partial charge in [0.1, 0.15) is 0 Å². The molecule has 0 radical (unpaired) electrons. The molecular formula is C21H23NO3. The minimum Gasteiger partial charge on any atom is -0.493 e. The van der Waals surface area contributed by atoms with Gasteiger partial charge in [0.15, 0.2) is 11.5 Å². The Morgan fingerprint density at radius 1 is 1.04 bits per heavy atom. The maximum atomic E-state index is 12.1. The van der Waals surface area contributed by atoms with Crippen molar-refractivity contribution in [2.75, 3.05) is 27.8 Å². The van der Waals surface area contributed by atoms with E-state index in [-0.39, 0.29) is 5.91 Å². The molecule has 2 aromatic rings. The fraction of sp³-hybridized carbons (Fsp3) is 0.286. The number of hydrogen-bond acceptors (Lipinski definition) is 3. The maximum Gasteiger partial charge on any atom is 0.298 e.